The number of aromatic nitrogens is 4. The molecule has 0 unspecified atom stereocenters. The van der Waals surface area contributed by atoms with Crippen molar-refractivity contribution in [2.45, 2.75) is 19.1 Å². The lowest BCUT2D eigenvalue weighted by Gasteiger charge is -2.13. The monoisotopic (exact) mass is 434 g/mol. The van der Waals surface area contributed by atoms with Gasteiger partial charge in [0.15, 0.2) is 17.2 Å². The summed E-state index contributed by atoms with van der Waals surface area (Å²) in [5, 5.41) is 22.2. The maximum absolute atomic E-state index is 12.0. The van der Waals surface area contributed by atoms with Gasteiger partial charge in [-0.15, -0.1) is 0 Å². The second-order valence-corrected chi connectivity index (χ2v) is 6.73. The number of halogens is 1. The van der Waals surface area contributed by atoms with E-state index >= 15 is 0 Å². The zero-order valence-electron chi connectivity index (χ0n) is 15.6. The second kappa shape index (κ2) is 9.48. The van der Waals surface area contributed by atoms with E-state index in [1.54, 1.807) is 24.3 Å². The van der Waals surface area contributed by atoms with Gasteiger partial charge in [-0.2, -0.15) is 9.97 Å². The van der Waals surface area contributed by atoms with Gasteiger partial charge in [0, 0.05) is 18.2 Å². The minimum atomic E-state index is -1.01. The predicted octanol–water partition coefficient (Wildman–Crippen LogP) is 0.200. The first kappa shape index (κ1) is 21.4. The van der Waals surface area contributed by atoms with Gasteiger partial charge in [0.2, 0.25) is 0 Å². The number of hydrogen-bond acceptors (Lipinski definition) is 9. The van der Waals surface area contributed by atoms with Crippen LogP contribution in [0.15, 0.2) is 29.1 Å². The van der Waals surface area contributed by atoms with Gasteiger partial charge in [-0.05, 0) is 24.1 Å². The Morgan fingerprint density at radius 1 is 1.33 bits per heavy atom. The fourth-order valence-electron chi connectivity index (χ4n) is 2.55. The van der Waals surface area contributed by atoms with Crippen molar-refractivity contribution in [3.05, 3.63) is 50.9 Å². The number of H-pyrrole nitrogens is 1. The van der Waals surface area contributed by atoms with Gasteiger partial charge in [-0.3, -0.25) is 9.59 Å². The number of hydrogen-bond donors (Lipinski definition) is 5. The second-order valence-electron chi connectivity index (χ2n) is 6.30. The Morgan fingerprint density at radius 2 is 2.13 bits per heavy atom. The molecule has 0 aliphatic rings. The van der Waals surface area contributed by atoms with Crippen LogP contribution in [0.3, 0.4) is 0 Å². The number of aliphatic hydroxyl groups excluding tert-OH is 2. The van der Waals surface area contributed by atoms with Crippen LogP contribution >= 0.6 is 11.6 Å². The van der Waals surface area contributed by atoms with E-state index in [9.17, 15) is 14.7 Å². The van der Waals surface area contributed by atoms with Crippen molar-refractivity contribution < 1.29 is 19.7 Å². The molecule has 0 aliphatic carbocycles. The molecule has 2 aromatic heterocycles. The fraction of sp³-hybridized carbons (Fsp3) is 0.278. The summed E-state index contributed by atoms with van der Waals surface area (Å²) in [7, 11) is 0. The Bertz CT molecular complexity index is 1120. The molecule has 0 fully saturated rings. The van der Waals surface area contributed by atoms with Crippen LogP contribution < -0.4 is 21.3 Å². The SMILES string of the molecule is NC(=O)c1nc2c(NC[C@H](O)CCO)nc(OCc3cccc(Cl)c3)nc2[nH]c1=O. The number of ether oxygens (including phenoxy) is 1. The maximum Gasteiger partial charge on any atom is 0.320 e. The maximum atomic E-state index is 12.0. The van der Waals surface area contributed by atoms with Gasteiger partial charge in [-0.25, -0.2) is 4.98 Å². The molecule has 0 spiro atoms. The minimum Gasteiger partial charge on any atom is -0.458 e. The molecule has 1 aromatic carbocycles. The lowest BCUT2D eigenvalue weighted by molar-refractivity contribution is 0.0994. The van der Waals surface area contributed by atoms with Crippen molar-refractivity contribution in [2.24, 2.45) is 5.73 Å². The highest BCUT2D eigenvalue weighted by molar-refractivity contribution is 6.30. The number of carbonyl (C=O) groups is 1. The van der Waals surface area contributed by atoms with E-state index in [4.69, 9.17) is 27.2 Å². The van der Waals surface area contributed by atoms with Crippen LogP contribution in [0.25, 0.3) is 11.2 Å². The van der Waals surface area contributed by atoms with Gasteiger partial charge < -0.3 is 31.0 Å². The number of fused-ring (bicyclic) bond motifs is 1. The summed E-state index contributed by atoms with van der Waals surface area (Å²) in [4.78, 5) is 38.2. The topological polar surface area (TPSA) is 176 Å². The molecule has 3 rings (SSSR count). The highest BCUT2D eigenvalue weighted by Gasteiger charge is 2.17. The first-order valence-electron chi connectivity index (χ1n) is 8.89. The summed E-state index contributed by atoms with van der Waals surface area (Å²) in [6.07, 6.45) is -0.723. The van der Waals surface area contributed by atoms with E-state index in [1.165, 1.54) is 0 Å². The first-order chi connectivity index (χ1) is 14.4. The average Bonchev–Trinajstić information content (AvgIpc) is 2.70. The Morgan fingerprint density at radius 3 is 2.83 bits per heavy atom. The van der Waals surface area contributed by atoms with E-state index in [0.717, 1.165) is 5.56 Å². The van der Waals surface area contributed by atoms with Gasteiger partial charge in [0.05, 0.1) is 6.10 Å². The molecule has 158 valence electrons. The van der Waals surface area contributed by atoms with Crippen molar-refractivity contribution in [1.29, 1.82) is 0 Å². The zero-order valence-corrected chi connectivity index (χ0v) is 16.4. The molecule has 0 bridgehead atoms. The molecule has 3 aromatic rings. The highest BCUT2D eigenvalue weighted by Crippen LogP contribution is 2.20. The van der Waals surface area contributed by atoms with E-state index in [2.05, 4.69) is 25.3 Å². The number of primary amides is 1. The number of rotatable bonds is 9. The number of carbonyl (C=O) groups excluding carboxylic acids is 1. The number of nitrogens with zero attached hydrogens (tertiary/aromatic N) is 3. The summed E-state index contributed by atoms with van der Waals surface area (Å²) in [5.74, 6) is -0.900. The molecule has 6 N–H and O–H groups in total. The van der Waals surface area contributed by atoms with E-state index in [0.29, 0.717) is 5.02 Å². The molecule has 12 heteroatoms. The largest absolute Gasteiger partial charge is 0.458 e. The first-order valence-corrected chi connectivity index (χ1v) is 9.27. The molecule has 0 radical (unpaired) electrons. The third kappa shape index (κ3) is 5.20. The third-order valence-corrected chi connectivity index (χ3v) is 4.23. The zero-order chi connectivity index (χ0) is 21.7. The van der Waals surface area contributed by atoms with Crippen LogP contribution in [0.2, 0.25) is 5.02 Å². The molecule has 0 saturated carbocycles. The Kier molecular flexibility index (Phi) is 6.77. The normalized spacial score (nSPS) is 12.0. The molecular weight excluding hydrogens is 416 g/mol. The third-order valence-electron chi connectivity index (χ3n) is 3.99. The van der Waals surface area contributed by atoms with Crippen LogP contribution in [0.4, 0.5) is 5.82 Å². The van der Waals surface area contributed by atoms with Crippen LogP contribution in [0.1, 0.15) is 22.5 Å². The Balaban J connectivity index is 1.96. The van der Waals surface area contributed by atoms with Crippen LogP contribution in [-0.4, -0.2) is 55.3 Å². The van der Waals surface area contributed by atoms with Crippen LogP contribution in [0, 0.1) is 0 Å². The molecule has 0 saturated heterocycles. The number of nitrogens with two attached hydrogens (primary N) is 1. The molecule has 30 heavy (non-hydrogen) atoms. The number of aromatic amines is 1. The number of aliphatic hydroxyl groups is 2. The van der Waals surface area contributed by atoms with Crippen molar-refractivity contribution >= 4 is 34.5 Å². The summed E-state index contributed by atoms with van der Waals surface area (Å²) < 4.78 is 5.60. The minimum absolute atomic E-state index is 0.0141. The summed E-state index contributed by atoms with van der Waals surface area (Å²) in [6.45, 7) is -0.0679. The average molecular weight is 435 g/mol. The standard InChI is InChI=1S/C18H19ClN6O5/c19-10-3-1-2-9(6-10)8-30-18-24-15(21-7-11(27)4-5-26)13-16(25-18)23-17(29)12(22-13)14(20)28/h1-3,6,11,26-27H,4-5,7-8H2,(H2,20,28)(H2,21,23,24,25,29)/t11-/m1/s1. The summed E-state index contributed by atoms with van der Waals surface area (Å²) in [5.41, 5.74) is 4.73. The highest BCUT2D eigenvalue weighted by atomic mass is 35.5. The number of anilines is 1. The Labute approximate surface area is 174 Å². The van der Waals surface area contributed by atoms with E-state index in [-0.39, 0.29) is 49.2 Å². The van der Waals surface area contributed by atoms with Crippen LogP contribution in [-0.2, 0) is 6.61 Å². The Hall–Kier alpha value is -3.28. The fourth-order valence-corrected chi connectivity index (χ4v) is 2.76. The van der Waals surface area contributed by atoms with E-state index in [1.807, 2.05) is 0 Å². The van der Waals surface area contributed by atoms with Crippen molar-refractivity contribution in [3.63, 3.8) is 0 Å². The van der Waals surface area contributed by atoms with Gasteiger partial charge in [0.25, 0.3) is 11.5 Å². The van der Waals surface area contributed by atoms with E-state index < -0.39 is 23.3 Å². The number of amides is 1. The predicted molar refractivity (Wildman–Crippen MR) is 108 cm³/mol. The molecule has 1 amide bonds. The van der Waals surface area contributed by atoms with Gasteiger partial charge in [0.1, 0.15) is 12.1 Å². The van der Waals surface area contributed by atoms with Crippen molar-refractivity contribution in [3.8, 4) is 6.01 Å². The quantitative estimate of drug-likeness (QED) is 0.314. The number of nitrogens with one attached hydrogen (secondary N) is 2. The molecular formula is C18H19ClN6O5. The van der Waals surface area contributed by atoms with Crippen molar-refractivity contribution in [2.75, 3.05) is 18.5 Å². The molecule has 11 nitrogen and oxygen atoms in total. The van der Waals surface area contributed by atoms with Crippen LogP contribution in [0.5, 0.6) is 6.01 Å². The number of benzene rings is 1. The lowest BCUT2D eigenvalue weighted by Crippen LogP contribution is -2.27. The molecule has 2 heterocycles. The molecule has 1 atom stereocenters. The lowest BCUT2D eigenvalue weighted by atomic mass is 10.2. The smallest absolute Gasteiger partial charge is 0.320 e. The summed E-state index contributed by atoms with van der Waals surface area (Å²) >= 11 is 5.96. The molecule has 0 aliphatic heterocycles. The van der Waals surface area contributed by atoms with Crippen molar-refractivity contribution in [1.82, 2.24) is 19.9 Å². The summed E-state index contributed by atoms with van der Waals surface area (Å²) in [6, 6.07) is 6.94. The van der Waals surface area contributed by atoms with Gasteiger partial charge >= 0.3 is 6.01 Å². The van der Waals surface area contributed by atoms with Gasteiger partial charge in [-0.1, -0.05) is 23.7 Å².